The Bertz CT molecular complexity index is 1370. The van der Waals surface area contributed by atoms with E-state index in [-0.39, 0.29) is 30.5 Å². The van der Waals surface area contributed by atoms with Crippen LogP contribution in [0.2, 0.25) is 0 Å². The summed E-state index contributed by atoms with van der Waals surface area (Å²) in [5.41, 5.74) is 3.14. The van der Waals surface area contributed by atoms with Gasteiger partial charge in [-0.05, 0) is 74.8 Å². The molecule has 5 atom stereocenters. The minimum atomic E-state index is -3.65. The van der Waals surface area contributed by atoms with E-state index in [0.29, 0.717) is 38.7 Å². The van der Waals surface area contributed by atoms with E-state index in [1.165, 1.54) is 11.4 Å². The molecule has 1 aliphatic carbocycles. The third kappa shape index (κ3) is 9.86. The monoisotopic (exact) mass is 641 g/mol. The highest BCUT2D eigenvalue weighted by molar-refractivity contribution is 7.89. The first-order valence-electron chi connectivity index (χ1n) is 16.4. The molecule has 9 nitrogen and oxygen atoms in total. The van der Waals surface area contributed by atoms with E-state index in [9.17, 15) is 18.3 Å². The van der Waals surface area contributed by atoms with Crippen molar-refractivity contribution in [1.82, 2.24) is 14.9 Å². The molecule has 0 fully saturated rings. The molecule has 4 rings (SSSR count). The van der Waals surface area contributed by atoms with E-state index in [4.69, 9.17) is 9.47 Å². The molecule has 45 heavy (non-hydrogen) atoms. The van der Waals surface area contributed by atoms with Crippen LogP contribution in [0.3, 0.4) is 0 Å². The maximum absolute atomic E-state index is 13.9. The normalized spacial score (nSPS) is 25.6. The summed E-state index contributed by atoms with van der Waals surface area (Å²) in [6.07, 6.45) is 7.06. The Morgan fingerprint density at radius 3 is 2.60 bits per heavy atom. The van der Waals surface area contributed by atoms with Crippen molar-refractivity contribution >= 4 is 15.9 Å². The molecule has 0 spiro atoms. The first-order valence-corrected chi connectivity index (χ1v) is 18.0. The molecule has 2 aromatic carbocycles. The van der Waals surface area contributed by atoms with Crippen LogP contribution in [0.25, 0.3) is 0 Å². The molecule has 2 aromatic rings. The lowest BCUT2D eigenvalue weighted by Crippen LogP contribution is -2.55. The van der Waals surface area contributed by atoms with Crippen LogP contribution < -0.4 is 15.4 Å². The van der Waals surface area contributed by atoms with Gasteiger partial charge in [0.05, 0.1) is 36.7 Å². The van der Waals surface area contributed by atoms with Crippen molar-refractivity contribution in [3.05, 3.63) is 77.4 Å². The topological polar surface area (TPSA) is 117 Å². The quantitative estimate of drug-likeness (QED) is 0.252. The molecular weight excluding hydrogens is 590 g/mol. The van der Waals surface area contributed by atoms with Crippen LogP contribution in [0.1, 0.15) is 88.1 Å². The maximum Gasteiger partial charge on any atom is 0.238 e. The van der Waals surface area contributed by atoms with Gasteiger partial charge in [0.25, 0.3) is 0 Å². The Morgan fingerprint density at radius 1 is 1.09 bits per heavy atom. The minimum absolute atomic E-state index is 0.00194. The highest BCUT2D eigenvalue weighted by Crippen LogP contribution is 2.42. The number of sulfonamides is 1. The second kappa shape index (κ2) is 16.7. The van der Waals surface area contributed by atoms with Crippen LogP contribution in [-0.2, 0) is 26.0 Å². The number of allylic oxidation sites excluding steroid dienone is 1. The molecule has 0 unspecified atom stereocenters. The average Bonchev–Trinajstić information content (AvgIpc) is 3.35. The van der Waals surface area contributed by atoms with E-state index < -0.39 is 34.1 Å². The second-order valence-electron chi connectivity index (χ2n) is 12.5. The zero-order valence-electron chi connectivity index (χ0n) is 27.2. The number of aliphatic hydroxyl groups excluding tert-OH is 1. The molecule has 2 bridgehead atoms. The number of β-amino-alcohol motifs (C(OH)–C–C–N with tert-alkyl or cyclic N) is 1. The van der Waals surface area contributed by atoms with Crippen molar-refractivity contribution in [3.8, 4) is 5.75 Å². The second-order valence-corrected chi connectivity index (χ2v) is 14.6. The summed E-state index contributed by atoms with van der Waals surface area (Å²) in [6, 6.07) is 14.2. The van der Waals surface area contributed by atoms with E-state index in [1.807, 2.05) is 69.3 Å². The zero-order valence-corrected chi connectivity index (χ0v) is 28.0. The van der Waals surface area contributed by atoms with Crippen molar-refractivity contribution in [2.45, 2.75) is 102 Å². The smallest absolute Gasteiger partial charge is 0.238 e. The van der Waals surface area contributed by atoms with Gasteiger partial charge in [0.1, 0.15) is 11.8 Å². The van der Waals surface area contributed by atoms with Crippen molar-refractivity contribution in [1.29, 1.82) is 0 Å². The Kier molecular flexibility index (Phi) is 13.0. The predicted molar refractivity (Wildman–Crippen MR) is 178 cm³/mol. The lowest BCUT2D eigenvalue weighted by atomic mass is 9.99. The number of ether oxygens (including phenoxy) is 2. The molecule has 1 amide bonds. The number of fused-ring (bicyclic) bond motifs is 5. The van der Waals surface area contributed by atoms with Crippen LogP contribution in [0.4, 0.5) is 0 Å². The van der Waals surface area contributed by atoms with Crippen LogP contribution in [0.5, 0.6) is 5.75 Å². The number of nitrogens with one attached hydrogen (secondary N) is 2. The SMILES string of the molecule is CCCCCS(=O)(=O)N(C)[C@H]1CC/C=C\CO[C@@H]2C[C@H](NC[C@@H](O)[C@H](Cc3ccccc3)NC1=O)c1cc(OC(C)C)ccc12. The van der Waals surface area contributed by atoms with Gasteiger partial charge in [-0.15, -0.1) is 0 Å². The number of carbonyl (C=O) groups excluding carboxylic acids is 1. The van der Waals surface area contributed by atoms with Gasteiger partial charge in [0, 0.05) is 19.6 Å². The molecule has 248 valence electrons. The summed E-state index contributed by atoms with van der Waals surface area (Å²) in [7, 11) is -2.16. The molecule has 0 aromatic heterocycles. The van der Waals surface area contributed by atoms with E-state index >= 15 is 0 Å². The lowest BCUT2D eigenvalue weighted by molar-refractivity contribution is -0.126. The number of nitrogens with zero attached hydrogens (tertiary/aromatic N) is 1. The van der Waals surface area contributed by atoms with Crippen LogP contribution >= 0.6 is 0 Å². The Labute approximate surface area is 269 Å². The Hall–Kier alpha value is -2.76. The van der Waals surface area contributed by atoms with E-state index in [2.05, 4.69) is 22.8 Å². The predicted octanol–water partition coefficient (Wildman–Crippen LogP) is 4.82. The molecular formula is C35H51N3O6S. The summed E-state index contributed by atoms with van der Waals surface area (Å²) in [6.45, 7) is 6.63. The summed E-state index contributed by atoms with van der Waals surface area (Å²) < 4.78 is 40.0. The number of unbranched alkanes of at least 4 members (excludes halogenated alkanes) is 2. The molecule has 1 heterocycles. The molecule has 10 heteroatoms. The number of carbonyl (C=O) groups is 1. The number of aliphatic hydroxyl groups is 1. The molecule has 1 aliphatic heterocycles. The molecule has 0 saturated heterocycles. The highest BCUT2D eigenvalue weighted by atomic mass is 32.2. The van der Waals surface area contributed by atoms with Gasteiger partial charge < -0.3 is 25.2 Å². The lowest BCUT2D eigenvalue weighted by Gasteiger charge is -2.31. The Morgan fingerprint density at radius 2 is 1.87 bits per heavy atom. The van der Waals surface area contributed by atoms with Gasteiger partial charge in [-0.2, -0.15) is 4.31 Å². The van der Waals surface area contributed by atoms with Crippen LogP contribution in [0, 0.1) is 0 Å². The van der Waals surface area contributed by atoms with Gasteiger partial charge in [0.15, 0.2) is 0 Å². The van der Waals surface area contributed by atoms with E-state index in [0.717, 1.165) is 35.3 Å². The number of hydrogen-bond donors (Lipinski definition) is 3. The summed E-state index contributed by atoms with van der Waals surface area (Å²) in [5, 5.41) is 18.2. The first kappa shape index (κ1) is 35.1. The first-order chi connectivity index (χ1) is 21.6. The summed E-state index contributed by atoms with van der Waals surface area (Å²) >= 11 is 0. The highest BCUT2D eigenvalue weighted by Gasteiger charge is 2.35. The summed E-state index contributed by atoms with van der Waals surface area (Å²) in [4.78, 5) is 13.9. The van der Waals surface area contributed by atoms with Gasteiger partial charge in [0.2, 0.25) is 15.9 Å². The third-order valence-electron chi connectivity index (χ3n) is 8.62. The van der Waals surface area contributed by atoms with Gasteiger partial charge in [-0.1, -0.05) is 68.3 Å². The average molecular weight is 642 g/mol. The minimum Gasteiger partial charge on any atom is -0.491 e. The fourth-order valence-electron chi connectivity index (χ4n) is 6.11. The zero-order chi connectivity index (χ0) is 32.4. The standard InChI is InChI=1S/C35H51N3O6S/c1-5-6-13-20-45(41,42)38(4)32-16-11-8-12-19-43-34-23-30(29-22-27(44-25(2)3)17-18-28(29)34)36-24-33(39)31(37-35(32)40)21-26-14-9-7-10-15-26/h7-10,12,14-15,17-18,22,25,30-34,36,39H,5-6,11,13,16,19-21,23-24H2,1-4H3,(H,37,40)/b12-8-/t30-,31-,32-,33+,34+/m0/s1. The van der Waals surface area contributed by atoms with E-state index in [1.54, 1.807) is 0 Å². The van der Waals surface area contributed by atoms with Crippen molar-refractivity contribution < 1.29 is 27.8 Å². The number of benzene rings is 2. The van der Waals surface area contributed by atoms with Crippen LogP contribution in [0.15, 0.2) is 60.7 Å². The largest absolute Gasteiger partial charge is 0.491 e. The third-order valence-corrected chi connectivity index (χ3v) is 10.6. The van der Waals surface area contributed by atoms with Gasteiger partial charge in [-0.3, -0.25) is 4.79 Å². The Balaban J connectivity index is 1.61. The molecule has 2 aliphatic rings. The van der Waals surface area contributed by atoms with Crippen molar-refractivity contribution in [3.63, 3.8) is 0 Å². The molecule has 0 saturated carbocycles. The molecule has 0 radical (unpaired) electrons. The van der Waals surface area contributed by atoms with Gasteiger partial charge >= 0.3 is 0 Å². The number of amides is 1. The van der Waals surface area contributed by atoms with Crippen molar-refractivity contribution in [2.75, 3.05) is 26.0 Å². The van der Waals surface area contributed by atoms with Crippen LogP contribution in [-0.4, -0.2) is 74.0 Å². The number of likely N-dealkylation sites (N-methyl/N-ethyl adjacent to an activating group) is 1. The van der Waals surface area contributed by atoms with Crippen molar-refractivity contribution in [2.24, 2.45) is 0 Å². The van der Waals surface area contributed by atoms with Gasteiger partial charge in [-0.25, -0.2) is 8.42 Å². The number of rotatable bonds is 10. The fraction of sp³-hybridized carbons (Fsp3) is 0.571. The summed E-state index contributed by atoms with van der Waals surface area (Å²) in [5.74, 6) is 0.379. The molecule has 3 N–H and O–H groups in total. The number of hydrogen-bond acceptors (Lipinski definition) is 7. The maximum atomic E-state index is 13.9. The fourth-order valence-corrected chi connectivity index (χ4v) is 7.56.